The fourth-order valence-electron chi connectivity index (χ4n) is 2.43. The van der Waals surface area contributed by atoms with Crippen LogP contribution in [0.3, 0.4) is 0 Å². The number of hydrogen-bond acceptors (Lipinski definition) is 4. The van der Waals surface area contributed by atoms with E-state index in [4.69, 9.17) is 4.74 Å². The average molecular weight is 383 g/mol. The second-order valence-corrected chi connectivity index (χ2v) is 6.60. The summed E-state index contributed by atoms with van der Waals surface area (Å²) in [6, 6.07) is 14.4. The molecule has 3 N–H and O–H groups in total. The molecular weight excluding hydrogens is 354 g/mol. The van der Waals surface area contributed by atoms with E-state index in [-0.39, 0.29) is 24.5 Å². The zero-order chi connectivity index (χ0) is 20.4. The first-order valence-corrected chi connectivity index (χ1v) is 9.70. The van der Waals surface area contributed by atoms with Crippen LogP contribution in [-0.4, -0.2) is 31.0 Å². The molecule has 150 valence electrons. The molecule has 0 spiro atoms. The van der Waals surface area contributed by atoms with Crippen LogP contribution < -0.4 is 20.7 Å². The van der Waals surface area contributed by atoms with Crippen molar-refractivity contribution in [3.63, 3.8) is 0 Å². The highest BCUT2D eigenvalue weighted by Gasteiger charge is 2.07. The number of hydrogen-bond donors (Lipinski definition) is 3. The molecule has 0 heterocycles. The molecule has 0 aliphatic carbocycles. The summed E-state index contributed by atoms with van der Waals surface area (Å²) in [7, 11) is 0. The van der Waals surface area contributed by atoms with Gasteiger partial charge in [0.05, 0.1) is 12.6 Å². The number of benzene rings is 2. The van der Waals surface area contributed by atoms with Gasteiger partial charge in [0.1, 0.15) is 5.75 Å². The fraction of sp³-hybridized carbons (Fsp3) is 0.364. The molecule has 6 heteroatoms. The predicted molar refractivity (Wildman–Crippen MR) is 113 cm³/mol. The molecule has 0 aliphatic rings. The lowest BCUT2D eigenvalue weighted by Crippen LogP contribution is -2.24. The third-order valence-electron chi connectivity index (χ3n) is 4.17. The highest BCUT2D eigenvalue weighted by molar-refractivity contribution is 5.96. The number of nitrogens with one attached hydrogen (secondary N) is 3. The zero-order valence-corrected chi connectivity index (χ0v) is 16.7. The molecule has 1 atom stereocenters. The minimum Gasteiger partial charge on any atom is -0.491 e. The summed E-state index contributed by atoms with van der Waals surface area (Å²) in [4.78, 5) is 24.1. The summed E-state index contributed by atoms with van der Waals surface area (Å²) in [5, 5.41) is 8.73. The topological polar surface area (TPSA) is 79.5 Å². The van der Waals surface area contributed by atoms with E-state index in [1.54, 1.807) is 24.3 Å². The van der Waals surface area contributed by atoms with Crippen molar-refractivity contribution in [3.8, 4) is 5.75 Å². The van der Waals surface area contributed by atoms with Gasteiger partial charge in [-0.15, -0.1) is 0 Å². The van der Waals surface area contributed by atoms with E-state index < -0.39 is 0 Å². The van der Waals surface area contributed by atoms with Crippen molar-refractivity contribution in [3.05, 3.63) is 54.1 Å². The van der Waals surface area contributed by atoms with E-state index in [0.717, 1.165) is 24.3 Å². The second kappa shape index (κ2) is 11.0. The SMILES string of the molecule is CCCNC(=O)c1ccc(NC(=O)CNc2cccc(OC(C)CC)c2)cc1. The molecule has 0 aliphatic heterocycles. The van der Waals surface area contributed by atoms with Crippen LogP contribution in [0.2, 0.25) is 0 Å². The van der Waals surface area contributed by atoms with Crippen LogP contribution in [0.4, 0.5) is 11.4 Å². The lowest BCUT2D eigenvalue weighted by Gasteiger charge is -2.14. The van der Waals surface area contributed by atoms with Crippen molar-refractivity contribution in [1.29, 1.82) is 0 Å². The molecule has 0 bridgehead atoms. The number of carbonyl (C=O) groups is 2. The predicted octanol–water partition coefficient (Wildman–Crippen LogP) is 4.05. The molecule has 2 amide bonds. The van der Waals surface area contributed by atoms with Gasteiger partial charge in [-0.05, 0) is 56.2 Å². The van der Waals surface area contributed by atoms with Gasteiger partial charge < -0.3 is 20.7 Å². The van der Waals surface area contributed by atoms with Gasteiger partial charge >= 0.3 is 0 Å². The van der Waals surface area contributed by atoms with E-state index in [2.05, 4.69) is 22.9 Å². The van der Waals surface area contributed by atoms with Crippen LogP contribution in [0.5, 0.6) is 5.75 Å². The van der Waals surface area contributed by atoms with Crippen LogP contribution in [0.15, 0.2) is 48.5 Å². The van der Waals surface area contributed by atoms with Crippen molar-refractivity contribution < 1.29 is 14.3 Å². The van der Waals surface area contributed by atoms with E-state index in [0.29, 0.717) is 17.8 Å². The first kappa shape index (κ1) is 21.3. The van der Waals surface area contributed by atoms with Gasteiger partial charge in [-0.1, -0.05) is 19.9 Å². The van der Waals surface area contributed by atoms with Crippen molar-refractivity contribution in [2.45, 2.75) is 39.7 Å². The normalized spacial score (nSPS) is 11.4. The molecule has 2 aromatic carbocycles. The summed E-state index contributed by atoms with van der Waals surface area (Å²) in [5.74, 6) is 0.494. The lowest BCUT2D eigenvalue weighted by atomic mass is 10.2. The summed E-state index contributed by atoms with van der Waals surface area (Å²) < 4.78 is 5.79. The number of amides is 2. The molecule has 0 saturated heterocycles. The van der Waals surface area contributed by atoms with E-state index >= 15 is 0 Å². The Kier molecular flexibility index (Phi) is 8.34. The third kappa shape index (κ3) is 6.95. The molecule has 0 aromatic heterocycles. The molecule has 0 radical (unpaired) electrons. The fourth-order valence-corrected chi connectivity index (χ4v) is 2.43. The van der Waals surface area contributed by atoms with E-state index in [1.165, 1.54) is 0 Å². The first-order chi connectivity index (χ1) is 13.5. The summed E-state index contributed by atoms with van der Waals surface area (Å²) in [5.41, 5.74) is 2.04. The highest BCUT2D eigenvalue weighted by Crippen LogP contribution is 2.19. The van der Waals surface area contributed by atoms with Crippen LogP contribution in [0.25, 0.3) is 0 Å². The highest BCUT2D eigenvalue weighted by atomic mass is 16.5. The Morgan fingerprint density at radius 3 is 2.46 bits per heavy atom. The standard InChI is InChI=1S/C22H29N3O3/c1-4-13-23-22(27)17-9-11-18(12-10-17)25-21(26)15-24-19-7-6-8-20(14-19)28-16(3)5-2/h6-12,14,16,24H,4-5,13,15H2,1-3H3,(H,23,27)(H,25,26). The molecule has 0 saturated carbocycles. The Morgan fingerprint density at radius 2 is 1.79 bits per heavy atom. The van der Waals surface area contributed by atoms with Gasteiger partial charge in [0.2, 0.25) is 5.91 Å². The van der Waals surface area contributed by atoms with E-state index in [9.17, 15) is 9.59 Å². The van der Waals surface area contributed by atoms with Crippen molar-refractivity contribution >= 4 is 23.2 Å². The Morgan fingerprint density at radius 1 is 1.04 bits per heavy atom. The number of carbonyl (C=O) groups excluding carboxylic acids is 2. The first-order valence-electron chi connectivity index (χ1n) is 9.70. The van der Waals surface area contributed by atoms with Crippen molar-refractivity contribution in [1.82, 2.24) is 5.32 Å². The molecule has 6 nitrogen and oxygen atoms in total. The molecule has 28 heavy (non-hydrogen) atoms. The van der Waals surface area contributed by atoms with Crippen LogP contribution in [0.1, 0.15) is 44.0 Å². The van der Waals surface area contributed by atoms with Gasteiger partial charge in [-0.3, -0.25) is 9.59 Å². The summed E-state index contributed by atoms with van der Waals surface area (Å²) >= 11 is 0. The maximum Gasteiger partial charge on any atom is 0.251 e. The molecule has 2 aromatic rings. The van der Waals surface area contributed by atoms with Crippen LogP contribution in [0, 0.1) is 0 Å². The minimum atomic E-state index is -0.170. The molecule has 2 rings (SSSR count). The maximum atomic E-state index is 12.2. The Labute approximate surface area is 166 Å². The smallest absolute Gasteiger partial charge is 0.251 e. The van der Waals surface area contributed by atoms with Gasteiger partial charge in [0.15, 0.2) is 0 Å². The Bertz CT molecular complexity index is 775. The van der Waals surface area contributed by atoms with Gasteiger partial charge in [0, 0.05) is 29.5 Å². The number of ether oxygens (including phenoxy) is 1. The van der Waals surface area contributed by atoms with Gasteiger partial charge in [-0.25, -0.2) is 0 Å². The molecule has 0 fully saturated rings. The zero-order valence-electron chi connectivity index (χ0n) is 16.7. The second-order valence-electron chi connectivity index (χ2n) is 6.60. The summed E-state index contributed by atoms with van der Waals surface area (Å²) in [6.07, 6.45) is 1.96. The monoisotopic (exact) mass is 383 g/mol. The van der Waals surface area contributed by atoms with Crippen LogP contribution >= 0.6 is 0 Å². The average Bonchev–Trinajstić information content (AvgIpc) is 2.71. The maximum absolute atomic E-state index is 12.2. The van der Waals surface area contributed by atoms with Gasteiger partial charge in [0.25, 0.3) is 5.91 Å². The number of anilines is 2. The summed E-state index contributed by atoms with van der Waals surface area (Å²) in [6.45, 7) is 6.87. The minimum absolute atomic E-state index is 0.110. The third-order valence-corrected chi connectivity index (χ3v) is 4.17. The lowest BCUT2D eigenvalue weighted by molar-refractivity contribution is -0.114. The van der Waals surface area contributed by atoms with E-state index in [1.807, 2.05) is 38.1 Å². The Hall–Kier alpha value is -3.02. The number of rotatable bonds is 10. The molecular formula is C22H29N3O3. The largest absolute Gasteiger partial charge is 0.491 e. The van der Waals surface area contributed by atoms with Crippen LogP contribution in [-0.2, 0) is 4.79 Å². The quantitative estimate of drug-likeness (QED) is 0.578. The van der Waals surface area contributed by atoms with Gasteiger partial charge in [-0.2, -0.15) is 0 Å². The molecule has 1 unspecified atom stereocenters. The Balaban J connectivity index is 1.84. The van der Waals surface area contributed by atoms with Crippen molar-refractivity contribution in [2.24, 2.45) is 0 Å². The van der Waals surface area contributed by atoms with Crippen molar-refractivity contribution in [2.75, 3.05) is 23.7 Å².